The lowest BCUT2D eigenvalue weighted by Gasteiger charge is -2.34. The predicted octanol–water partition coefficient (Wildman–Crippen LogP) is 1.98. The van der Waals surface area contributed by atoms with Crippen LogP contribution in [0, 0.1) is 23.0 Å². The molecule has 1 aliphatic heterocycles. The molecule has 1 amide bonds. The van der Waals surface area contributed by atoms with Gasteiger partial charge in [0.2, 0.25) is 10.0 Å². The molecular formula is C18H15F2N3O3S. The quantitative estimate of drug-likeness (QED) is 0.801. The van der Waals surface area contributed by atoms with Crippen LogP contribution in [0.25, 0.3) is 0 Å². The molecule has 0 aromatic heterocycles. The zero-order valence-electron chi connectivity index (χ0n) is 14.1. The largest absolute Gasteiger partial charge is 0.336 e. The number of carbonyl (C=O) groups is 1. The Labute approximate surface area is 155 Å². The first-order valence-electron chi connectivity index (χ1n) is 8.08. The lowest BCUT2D eigenvalue weighted by Crippen LogP contribution is -2.50. The highest BCUT2D eigenvalue weighted by molar-refractivity contribution is 7.89. The molecule has 2 aromatic carbocycles. The Balaban J connectivity index is 1.75. The standard InChI is InChI=1S/C18H15F2N3O3S/c19-14-5-6-15(16(20)11-14)18(24)22-7-9-23(10-8-22)27(25,26)17-4-2-1-3-13(17)12-21/h1-6,11H,7-10H2. The van der Waals surface area contributed by atoms with Crippen molar-refractivity contribution in [2.24, 2.45) is 0 Å². The number of halogens is 2. The molecule has 0 aliphatic carbocycles. The van der Waals surface area contributed by atoms with Crippen molar-refractivity contribution in [1.29, 1.82) is 5.26 Å². The Morgan fingerprint density at radius 1 is 1.04 bits per heavy atom. The summed E-state index contributed by atoms with van der Waals surface area (Å²) in [6, 6.07) is 10.4. The molecule has 0 radical (unpaired) electrons. The number of nitrogens with zero attached hydrogens (tertiary/aromatic N) is 3. The summed E-state index contributed by atoms with van der Waals surface area (Å²) in [7, 11) is -3.88. The van der Waals surface area contributed by atoms with Crippen LogP contribution in [-0.4, -0.2) is 49.7 Å². The van der Waals surface area contributed by atoms with E-state index in [0.29, 0.717) is 6.07 Å². The minimum atomic E-state index is -3.88. The molecule has 1 fully saturated rings. The summed E-state index contributed by atoms with van der Waals surface area (Å²) in [5.74, 6) is -2.36. The summed E-state index contributed by atoms with van der Waals surface area (Å²) in [4.78, 5) is 13.6. The highest BCUT2D eigenvalue weighted by Gasteiger charge is 2.32. The van der Waals surface area contributed by atoms with Gasteiger partial charge in [-0.2, -0.15) is 9.57 Å². The molecule has 1 aliphatic rings. The summed E-state index contributed by atoms with van der Waals surface area (Å²) in [5, 5.41) is 9.12. The fourth-order valence-corrected chi connectivity index (χ4v) is 4.45. The van der Waals surface area contributed by atoms with Crippen molar-refractivity contribution in [3.63, 3.8) is 0 Å². The smallest absolute Gasteiger partial charge is 0.256 e. The SMILES string of the molecule is N#Cc1ccccc1S(=O)(=O)N1CCN(C(=O)c2ccc(F)cc2F)CC1. The lowest BCUT2D eigenvalue weighted by molar-refractivity contribution is 0.0693. The van der Waals surface area contributed by atoms with Crippen molar-refractivity contribution in [2.45, 2.75) is 4.90 Å². The Morgan fingerprint density at radius 3 is 2.33 bits per heavy atom. The van der Waals surface area contributed by atoms with Gasteiger partial charge in [0.05, 0.1) is 16.0 Å². The maximum Gasteiger partial charge on any atom is 0.256 e. The maximum atomic E-state index is 13.8. The van der Waals surface area contributed by atoms with Crippen molar-refractivity contribution in [1.82, 2.24) is 9.21 Å². The fraction of sp³-hybridized carbons (Fsp3) is 0.222. The Kier molecular flexibility index (Phi) is 5.21. The summed E-state index contributed by atoms with van der Waals surface area (Å²) in [5.41, 5.74) is -0.216. The molecule has 9 heteroatoms. The van der Waals surface area contributed by atoms with Crippen molar-refractivity contribution in [2.75, 3.05) is 26.2 Å². The second-order valence-electron chi connectivity index (χ2n) is 5.93. The summed E-state index contributed by atoms with van der Waals surface area (Å²) >= 11 is 0. The minimum Gasteiger partial charge on any atom is -0.336 e. The first kappa shape index (κ1) is 18.9. The highest BCUT2D eigenvalue weighted by atomic mass is 32.2. The molecular weight excluding hydrogens is 376 g/mol. The third-order valence-corrected chi connectivity index (χ3v) is 6.27. The summed E-state index contributed by atoms with van der Waals surface area (Å²) in [6.07, 6.45) is 0. The number of hydrogen-bond acceptors (Lipinski definition) is 4. The van der Waals surface area contributed by atoms with Gasteiger partial charge in [-0.1, -0.05) is 12.1 Å². The average Bonchev–Trinajstić information content (AvgIpc) is 2.67. The van der Waals surface area contributed by atoms with Gasteiger partial charge >= 0.3 is 0 Å². The molecule has 140 valence electrons. The Hall–Kier alpha value is -2.83. The summed E-state index contributed by atoms with van der Waals surface area (Å²) < 4.78 is 53.5. The minimum absolute atomic E-state index is 0.0106. The number of benzene rings is 2. The van der Waals surface area contributed by atoms with Crippen molar-refractivity contribution in [3.8, 4) is 6.07 Å². The number of hydrogen-bond donors (Lipinski definition) is 0. The van der Waals surface area contributed by atoms with Gasteiger partial charge in [0.15, 0.2) is 0 Å². The van der Waals surface area contributed by atoms with Crippen molar-refractivity contribution < 1.29 is 22.0 Å². The van der Waals surface area contributed by atoms with Crippen LogP contribution < -0.4 is 0 Å². The number of piperazine rings is 1. The van der Waals surface area contributed by atoms with Crippen molar-refractivity contribution >= 4 is 15.9 Å². The van der Waals surface area contributed by atoms with E-state index in [0.717, 1.165) is 12.1 Å². The van der Waals surface area contributed by atoms with E-state index in [4.69, 9.17) is 5.26 Å². The van der Waals surface area contributed by atoms with Crippen LogP contribution in [0.4, 0.5) is 8.78 Å². The Bertz CT molecular complexity index is 1030. The second-order valence-corrected chi connectivity index (χ2v) is 7.83. The lowest BCUT2D eigenvalue weighted by atomic mass is 10.1. The van der Waals surface area contributed by atoms with Crippen LogP contribution in [0.5, 0.6) is 0 Å². The van der Waals surface area contributed by atoms with E-state index < -0.39 is 27.6 Å². The average molecular weight is 391 g/mol. The molecule has 1 heterocycles. The van der Waals surface area contributed by atoms with Gasteiger partial charge in [-0.25, -0.2) is 17.2 Å². The van der Waals surface area contributed by atoms with E-state index in [1.165, 1.54) is 27.4 Å². The zero-order chi connectivity index (χ0) is 19.6. The van der Waals surface area contributed by atoms with E-state index in [-0.39, 0.29) is 42.2 Å². The maximum absolute atomic E-state index is 13.8. The van der Waals surface area contributed by atoms with Gasteiger partial charge in [-0.3, -0.25) is 4.79 Å². The normalized spacial score (nSPS) is 15.4. The van der Waals surface area contributed by atoms with E-state index in [2.05, 4.69) is 0 Å². The van der Waals surface area contributed by atoms with Crippen LogP contribution in [0.1, 0.15) is 15.9 Å². The van der Waals surface area contributed by atoms with Gasteiger partial charge in [0, 0.05) is 32.2 Å². The molecule has 0 bridgehead atoms. The molecule has 3 rings (SSSR count). The number of amides is 1. The predicted molar refractivity (Wildman–Crippen MR) is 92.2 cm³/mol. The second kappa shape index (κ2) is 7.42. The number of carbonyl (C=O) groups excluding carboxylic acids is 1. The molecule has 27 heavy (non-hydrogen) atoms. The first-order valence-corrected chi connectivity index (χ1v) is 9.52. The van der Waals surface area contributed by atoms with E-state index in [1.54, 1.807) is 6.07 Å². The highest BCUT2D eigenvalue weighted by Crippen LogP contribution is 2.22. The first-order chi connectivity index (χ1) is 12.8. The van der Waals surface area contributed by atoms with Crippen LogP contribution >= 0.6 is 0 Å². The molecule has 0 N–H and O–H groups in total. The van der Waals surface area contributed by atoms with Gasteiger partial charge in [-0.15, -0.1) is 0 Å². The van der Waals surface area contributed by atoms with Crippen molar-refractivity contribution in [3.05, 3.63) is 65.2 Å². The molecule has 1 saturated heterocycles. The zero-order valence-corrected chi connectivity index (χ0v) is 14.9. The van der Waals surface area contributed by atoms with Crippen LogP contribution in [0.2, 0.25) is 0 Å². The summed E-state index contributed by atoms with van der Waals surface area (Å²) in [6.45, 7) is 0.139. The monoisotopic (exact) mass is 391 g/mol. The van der Waals surface area contributed by atoms with Gasteiger partial charge in [-0.05, 0) is 24.3 Å². The number of rotatable bonds is 3. The van der Waals surface area contributed by atoms with Gasteiger partial charge < -0.3 is 4.90 Å². The van der Waals surface area contributed by atoms with E-state index in [9.17, 15) is 22.0 Å². The molecule has 2 aromatic rings. The molecule has 0 unspecified atom stereocenters. The molecule has 6 nitrogen and oxygen atoms in total. The Morgan fingerprint density at radius 2 is 1.70 bits per heavy atom. The van der Waals surface area contributed by atoms with Gasteiger partial charge in [0.1, 0.15) is 17.7 Å². The van der Waals surface area contributed by atoms with E-state index >= 15 is 0 Å². The van der Waals surface area contributed by atoms with Crippen LogP contribution in [0.15, 0.2) is 47.4 Å². The third-order valence-electron chi connectivity index (χ3n) is 4.31. The molecule has 0 atom stereocenters. The van der Waals surface area contributed by atoms with Crippen LogP contribution in [-0.2, 0) is 10.0 Å². The third kappa shape index (κ3) is 3.67. The van der Waals surface area contributed by atoms with Crippen LogP contribution in [0.3, 0.4) is 0 Å². The topological polar surface area (TPSA) is 81.5 Å². The van der Waals surface area contributed by atoms with Gasteiger partial charge in [0.25, 0.3) is 5.91 Å². The van der Waals surface area contributed by atoms with E-state index in [1.807, 2.05) is 6.07 Å². The number of sulfonamides is 1. The number of nitriles is 1. The molecule has 0 saturated carbocycles. The fourth-order valence-electron chi connectivity index (χ4n) is 2.89. The molecule has 0 spiro atoms.